The Morgan fingerprint density at radius 3 is 2.95 bits per heavy atom. The highest BCUT2D eigenvalue weighted by atomic mass is 32.1. The monoisotopic (exact) mass is 289 g/mol. The highest BCUT2D eigenvalue weighted by Crippen LogP contribution is 2.38. The molecule has 0 radical (unpaired) electrons. The van der Waals surface area contributed by atoms with Crippen molar-refractivity contribution in [3.05, 3.63) is 16.0 Å². The Kier molecular flexibility index (Phi) is 3.45. The maximum Gasteiger partial charge on any atom is 0.229 e. The first-order chi connectivity index (χ1) is 9.69. The minimum absolute atomic E-state index is 0.00173. The fraction of sp³-hybridized carbons (Fsp3) is 0.500. The van der Waals surface area contributed by atoms with E-state index < -0.39 is 0 Å². The van der Waals surface area contributed by atoms with Crippen LogP contribution in [0.5, 0.6) is 0 Å². The summed E-state index contributed by atoms with van der Waals surface area (Å²) in [4.78, 5) is 24.5. The van der Waals surface area contributed by atoms with Crippen LogP contribution in [0.1, 0.15) is 35.3 Å². The molecule has 6 heteroatoms. The fourth-order valence-electron chi connectivity index (χ4n) is 2.78. The predicted molar refractivity (Wildman–Crippen MR) is 75.4 cm³/mol. The number of thiophene rings is 1. The van der Waals surface area contributed by atoms with Crippen molar-refractivity contribution >= 4 is 28.2 Å². The lowest BCUT2D eigenvalue weighted by Gasteiger charge is -2.21. The summed E-state index contributed by atoms with van der Waals surface area (Å²) in [5, 5.41) is 15.5. The highest BCUT2D eigenvalue weighted by Gasteiger charge is 2.27. The summed E-state index contributed by atoms with van der Waals surface area (Å²) < 4.78 is 0. The van der Waals surface area contributed by atoms with E-state index in [0.29, 0.717) is 30.0 Å². The van der Waals surface area contributed by atoms with Gasteiger partial charge in [-0.25, -0.2) is 0 Å². The molecule has 1 aliphatic heterocycles. The van der Waals surface area contributed by atoms with E-state index >= 15 is 0 Å². The van der Waals surface area contributed by atoms with Crippen LogP contribution in [0.2, 0.25) is 0 Å². The Labute approximate surface area is 121 Å². The Bertz CT molecular complexity index is 605. The molecule has 1 aromatic heterocycles. The molecule has 1 aliphatic carbocycles. The van der Waals surface area contributed by atoms with E-state index in [9.17, 15) is 14.9 Å². The number of aryl methyl sites for hydroxylation is 1. The van der Waals surface area contributed by atoms with Crippen molar-refractivity contribution in [1.29, 1.82) is 5.26 Å². The van der Waals surface area contributed by atoms with Crippen LogP contribution >= 0.6 is 11.3 Å². The molecular formula is C14H15N3O2S. The number of anilines is 1. The molecule has 5 nitrogen and oxygen atoms in total. The SMILES string of the molecule is N#Cc1c(NC(=O)C2CCC(=O)NC2)sc2c1CCC2. The Hall–Kier alpha value is -1.87. The minimum atomic E-state index is -0.198. The summed E-state index contributed by atoms with van der Waals surface area (Å²) in [6.45, 7) is 0.387. The number of rotatable bonds is 2. The molecule has 0 aromatic carbocycles. The quantitative estimate of drug-likeness (QED) is 0.867. The fourth-order valence-corrected chi connectivity index (χ4v) is 4.02. The molecule has 104 valence electrons. The number of nitriles is 1. The lowest BCUT2D eigenvalue weighted by Crippen LogP contribution is -2.40. The molecule has 2 amide bonds. The van der Waals surface area contributed by atoms with Gasteiger partial charge in [0.05, 0.1) is 11.5 Å². The molecule has 1 atom stereocenters. The third-order valence-electron chi connectivity index (χ3n) is 3.91. The van der Waals surface area contributed by atoms with Crippen molar-refractivity contribution in [2.24, 2.45) is 5.92 Å². The van der Waals surface area contributed by atoms with Gasteiger partial charge in [-0.3, -0.25) is 9.59 Å². The zero-order chi connectivity index (χ0) is 14.1. The molecular weight excluding hydrogens is 274 g/mol. The number of carbonyl (C=O) groups excluding carboxylic acids is 2. The van der Waals surface area contributed by atoms with Crippen molar-refractivity contribution in [3.63, 3.8) is 0 Å². The van der Waals surface area contributed by atoms with Gasteiger partial charge in [0, 0.05) is 17.8 Å². The number of nitrogens with zero attached hydrogens (tertiary/aromatic N) is 1. The number of amides is 2. The molecule has 2 aliphatic rings. The second kappa shape index (κ2) is 5.25. The average molecular weight is 289 g/mol. The molecule has 0 saturated carbocycles. The summed E-state index contributed by atoms with van der Waals surface area (Å²) in [7, 11) is 0. The molecule has 1 saturated heterocycles. The van der Waals surface area contributed by atoms with Crippen molar-refractivity contribution in [2.45, 2.75) is 32.1 Å². The van der Waals surface area contributed by atoms with Gasteiger partial charge in [0.15, 0.2) is 0 Å². The third kappa shape index (κ3) is 2.29. The van der Waals surface area contributed by atoms with Gasteiger partial charge in [0.25, 0.3) is 0 Å². The van der Waals surface area contributed by atoms with Crippen molar-refractivity contribution < 1.29 is 9.59 Å². The van der Waals surface area contributed by atoms with E-state index in [0.717, 1.165) is 24.8 Å². The van der Waals surface area contributed by atoms with Crippen LogP contribution in [0.25, 0.3) is 0 Å². The predicted octanol–water partition coefficient (Wildman–Crippen LogP) is 1.57. The van der Waals surface area contributed by atoms with Crippen LogP contribution in [0.15, 0.2) is 0 Å². The number of hydrogen-bond donors (Lipinski definition) is 2. The van der Waals surface area contributed by atoms with Crippen molar-refractivity contribution in [2.75, 3.05) is 11.9 Å². The molecule has 20 heavy (non-hydrogen) atoms. The molecule has 1 aromatic rings. The van der Waals surface area contributed by atoms with Gasteiger partial charge in [-0.05, 0) is 31.2 Å². The molecule has 2 N–H and O–H groups in total. The Morgan fingerprint density at radius 2 is 2.25 bits per heavy atom. The van der Waals surface area contributed by atoms with E-state index in [2.05, 4.69) is 16.7 Å². The second-order valence-corrected chi connectivity index (χ2v) is 6.31. The van der Waals surface area contributed by atoms with E-state index in [1.54, 1.807) is 0 Å². The van der Waals surface area contributed by atoms with Gasteiger partial charge < -0.3 is 10.6 Å². The zero-order valence-corrected chi connectivity index (χ0v) is 11.8. The van der Waals surface area contributed by atoms with Gasteiger partial charge in [0.2, 0.25) is 11.8 Å². The average Bonchev–Trinajstić information content (AvgIpc) is 2.99. The van der Waals surface area contributed by atoms with Crippen LogP contribution < -0.4 is 10.6 Å². The highest BCUT2D eigenvalue weighted by molar-refractivity contribution is 7.16. The van der Waals surface area contributed by atoms with Gasteiger partial charge >= 0.3 is 0 Å². The maximum atomic E-state index is 12.2. The third-order valence-corrected chi connectivity index (χ3v) is 5.11. The number of carbonyl (C=O) groups is 2. The van der Waals surface area contributed by atoms with Crippen molar-refractivity contribution in [3.8, 4) is 6.07 Å². The standard InChI is InChI=1S/C14H15N3O2S/c15-6-10-9-2-1-3-11(9)20-14(10)17-13(19)8-4-5-12(18)16-7-8/h8H,1-5,7H2,(H,16,18)(H,17,19). The van der Waals surface area contributed by atoms with E-state index in [-0.39, 0.29) is 17.7 Å². The first kappa shape index (κ1) is 13.1. The minimum Gasteiger partial charge on any atom is -0.355 e. The first-order valence-electron chi connectivity index (χ1n) is 6.81. The van der Waals surface area contributed by atoms with E-state index in [4.69, 9.17) is 0 Å². The lowest BCUT2D eigenvalue weighted by molar-refractivity contribution is -0.126. The lowest BCUT2D eigenvalue weighted by atomic mass is 9.98. The Balaban J connectivity index is 1.74. The first-order valence-corrected chi connectivity index (χ1v) is 7.63. The van der Waals surface area contributed by atoms with Crippen LogP contribution in [0.4, 0.5) is 5.00 Å². The van der Waals surface area contributed by atoms with Crippen LogP contribution in [-0.4, -0.2) is 18.4 Å². The normalized spacial score (nSPS) is 20.9. The second-order valence-electron chi connectivity index (χ2n) is 5.20. The van der Waals surface area contributed by atoms with Crippen LogP contribution in [-0.2, 0) is 22.4 Å². The summed E-state index contributed by atoms with van der Waals surface area (Å²) in [6.07, 6.45) is 4.00. The van der Waals surface area contributed by atoms with Gasteiger partial charge in [-0.1, -0.05) is 0 Å². The van der Waals surface area contributed by atoms with Crippen LogP contribution in [0, 0.1) is 17.2 Å². The summed E-state index contributed by atoms with van der Waals surface area (Å²) in [5.74, 6) is -0.292. The zero-order valence-electron chi connectivity index (χ0n) is 11.0. The van der Waals surface area contributed by atoms with Gasteiger partial charge in [-0.2, -0.15) is 5.26 Å². The number of piperidine rings is 1. The summed E-state index contributed by atoms with van der Waals surface area (Å²) in [5.41, 5.74) is 1.75. The number of fused-ring (bicyclic) bond motifs is 1. The molecule has 2 heterocycles. The van der Waals surface area contributed by atoms with Crippen LogP contribution in [0.3, 0.4) is 0 Å². The molecule has 3 rings (SSSR count). The Morgan fingerprint density at radius 1 is 1.40 bits per heavy atom. The maximum absolute atomic E-state index is 12.2. The smallest absolute Gasteiger partial charge is 0.229 e. The molecule has 1 fully saturated rings. The van der Waals surface area contributed by atoms with E-state index in [1.807, 2.05) is 0 Å². The van der Waals surface area contributed by atoms with Gasteiger partial charge in [-0.15, -0.1) is 11.3 Å². The van der Waals surface area contributed by atoms with Gasteiger partial charge in [0.1, 0.15) is 11.1 Å². The number of nitrogens with one attached hydrogen (secondary N) is 2. The summed E-state index contributed by atoms with van der Waals surface area (Å²) >= 11 is 1.52. The van der Waals surface area contributed by atoms with E-state index in [1.165, 1.54) is 16.2 Å². The molecule has 1 unspecified atom stereocenters. The van der Waals surface area contributed by atoms with Crippen molar-refractivity contribution in [1.82, 2.24) is 5.32 Å². The summed E-state index contributed by atoms with van der Waals surface area (Å²) in [6, 6.07) is 2.22. The number of hydrogen-bond acceptors (Lipinski definition) is 4. The molecule has 0 spiro atoms. The molecule has 0 bridgehead atoms. The topological polar surface area (TPSA) is 82.0 Å². The largest absolute Gasteiger partial charge is 0.355 e.